The van der Waals surface area contributed by atoms with Crippen LogP contribution in [0.15, 0.2) is 41.0 Å². The fourth-order valence-corrected chi connectivity index (χ4v) is 1.17. The molecule has 0 aromatic heterocycles. The van der Waals surface area contributed by atoms with Crippen molar-refractivity contribution in [1.29, 1.82) is 0 Å². The summed E-state index contributed by atoms with van der Waals surface area (Å²) in [7, 11) is 3.55. The topological polar surface area (TPSA) is 43.1 Å². The van der Waals surface area contributed by atoms with Crippen molar-refractivity contribution >= 4 is 21.7 Å². The Morgan fingerprint density at radius 1 is 1.33 bits per heavy atom. The Kier molecular flexibility index (Phi) is 3.79. The van der Waals surface area contributed by atoms with Crippen molar-refractivity contribution in [3.05, 3.63) is 46.6 Å². The Bertz CT molecular complexity index is 379. The molecule has 0 aliphatic rings. The third kappa shape index (κ3) is 3.58. The lowest BCUT2D eigenvalue weighted by molar-refractivity contribution is -0.855. The van der Waals surface area contributed by atoms with E-state index in [9.17, 15) is 4.79 Å². The minimum atomic E-state index is -0.0564. The van der Waals surface area contributed by atoms with Gasteiger partial charge in [0.25, 0.3) is 0 Å². The van der Waals surface area contributed by atoms with Crippen molar-refractivity contribution in [3.8, 4) is 0 Å². The van der Waals surface area contributed by atoms with Gasteiger partial charge in [0.05, 0.1) is 20.2 Å². The van der Waals surface area contributed by atoms with Crippen molar-refractivity contribution in [2.24, 2.45) is 5.84 Å². The number of hydrogen-bond acceptors (Lipinski definition) is 2. The fraction of sp³-hybridized carbons (Fsp3) is 0.182. The standard InChI is InChI=1S/C11H14BrN2O/c1-14(2,13)11(12)8-10(15)9-6-4-3-5-7-9/h3-8H,13H2,1-2H3/q+1. The monoisotopic (exact) mass is 269 g/mol. The quantitative estimate of drug-likeness (QED) is 0.228. The molecule has 1 aromatic carbocycles. The molecule has 80 valence electrons. The number of hydrogen-bond donors (Lipinski definition) is 1. The summed E-state index contributed by atoms with van der Waals surface area (Å²) in [6.07, 6.45) is 1.50. The van der Waals surface area contributed by atoms with Crippen molar-refractivity contribution in [1.82, 2.24) is 0 Å². The normalized spacial score (nSPS) is 12.7. The van der Waals surface area contributed by atoms with Crippen LogP contribution in [0.4, 0.5) is 0 Å². The summed E-state index contributed by atoms with van der Waals surface area (Å²) in [6, 6.07) is 9.08. The number of quaternary nitrogens is 1. The van der Waals surface area contributed by atoms with Gasteiger partial charge in [-0.25, -0.2) is 4.59 Å². The molecule has 0 aliphatic carbocycles. The van der Waals surface area contributed by atoms with Gasteiger partial charge in [0.15, 0.2) is 10.4 Å². The molecular formula is C11H14BrN2O+. The molecule has 0 saturated carbocycles. The minimum absolute atomic E-state index is 0.0564. The molecule has 0 atom stereocenters. The summed E-state index contributed by atoms with van der Waals surface area (Å²) in [6.45, 7) is 0. The highest BCUT2D eigenvalue weighted by Crippen LogP contribution is 2.14. The molecule has 0 heterocycles. The molecule has 1 aromatic rings. The largest absolute Gasteiger partial charge is 0.289 e. The lowest BCUT2D eigenvalue weighted by Gasteiger charge is -2.20. The van der Waals surface area contributed by atoms with Gasteiger partial charge in [0, 0.05) is 21.5 Å². The summed E-state index contributed by atoms with van der Waals surface area (Å²) in [5, 5.41) is 0. The summed E-state index contributed by atoms with van der Waals surface area (Å²) in [5.74, 6) is 5.72. The third-order valence-electron chi connectivity index (χ3n) is 1.86. The van der Waals surface area contributed by atoms with E-state index in [0.717, 1.165) is 0 Å². The number of carbonyl (C=O) groups is 1. The number of carbonyl (C=O) groups excluding carboxylic acids is 1. The van der Waals surface area contributed by atoms with Gasteiger partial charge in [-0.1, -0.05) is 30.3 Å². The van der Waals surface area contributed by atoms with Gasteiger partial charge < -0.3 is 0 Å². The number of rotatable bonds is 3. The van der Waals surface area contributed by atoms with Crippen LogP contribution >= 0.6 is 15.9 Å². The lowest BCUT2D eigenvalue weighted by atomic mass is 10.1. The molecule has 0 fully saturated rings. The van der Waals surface area contributed by atoms with Crippen LogP contribution in [-0.4, -0.2) is 24.5 Å². The van der Waals surface area contributed by atoms with Crippen molar-refractivity contribution < 1.29 is 9.39 Å². The molecule has 0 radical (unpaired) electrons. The summed E-state index contributed by atoms with van der Waals surface area (Å²) >= 11 is 3.28. The highest BCUT2D eigenvalue weighted by atomic mass is 79.9. The maximum atomic E-state index is 11.7. The zero-order valence-corrected chi connectivity index (χ0v) is 10.4. The first-order chi connectivity index (χ1) is 6.91. The first kappa shape index (κ1) is 12.1. The van der Waals surface area contributed by atoms with Crippen LogP contribution in [0.3, 0.4) is 0 Å². The van der Waals surface area contributed by atoms with E-state index in [4.69, 9.17) is 5.84 Å². The number of halogens is 1. The first-order valence-electron chi connectivity index (χ1n) is 4.51. The van der Waals surface area contributed by atoms with Crippen LogP contribution in [0.1, 0.15) is 10.4 Å². The van der Waals surface area contributed by atoms with Gasteiger partial charge in [-0.15, -0.1) is 0 Å². The molecule has 0 amide bonds. The van der Waals surface area contributed by atoms with E-state index in [0.29, 0.717) is 10.2 Å². The molecule has 15 heavy (non-hydrogen) atoms. The van der Waals surface area contributed by atoms with Crippen LogP contribution in [0, 0.1) is 0 Å². The maximum Gasteiger partial charge on any atom is 0.198 e. The third-order valence-corrected chi connectivity index (χ3v) is 3.00. The van der Waals surface area contributed by atoms with Gasteiger partial charge in [-0.2, -0.15) is 5.84 Å². The molecule has 3 nitrogen and oxygen atoms in total. The smallest absolute Gasteiger partial charge is 0.198 e. The van der Waals surface area contributed by atoms with Gasteiger partial charge in [-0.3, -0.25) is 4.79 Å². The molecule has 1 rings (SSSR count). The molecule has 0 aliphatic heterocycles. The SMILES string of the molecule is C[N+](C)(N)C(Br)=CC(=O)c1ccccc1. The van der Waals surface area contributed by atoms with Gasteiger partial charge in [0.1, 0.15) is 0 Å². The predicted octanol–water partition coefficient (Wildman–Crippen LogP) is 2.06. The second-order valence-electron chi connectivity index (χ2n) is 3.74. The van der Waals surface area contributed by atoms with Gasteiger partial charge in [0.2, 0.25) is 0 Å². The van der Waals surface area contributed by atoms with E-state index in [-0.39, 0.29) is 10.4 Å². The van der Waals surface area contributed by atoms with Gasteiger partial charge >= 0.3 is 0 Å². The van der Waals surface area contributed by atoms with E-state index in [1.807, 2.05) is 18.2 Å². The lowest BCUT2D eigenvalue weighted by Crippen LogP contribution is -2.43. The summed E-state index contributed by atoms with van der Waals surface area (Å²) in [5.41, 5.74) is 0.655. The number of nitrogens with two attached hydrogens (primary N) is 1. The Labute approximate surface area is 97.9 Å². The Balaban J connectivity index is 2.90. The predicted molar refractivity (Wildman–Crippen MR) is 64.1 cm³/mol. The number of benzene rings is 1. The minimum Gasteiger partial charge on any atom is -0.289 e. The van der Waals surface area contributed by atoms with Crippen LogP contribution < -0.4 is 5.84 Å². The molecule has 0 saturated heterocycles. The van der Waals surface area contributed by atoms with E-state index in [1.54, 1.807) is 26.2 Å². The molecule has 2 N–H and O–H groups in total. The van der Waals surface area contributed by atoms with Crippen molar-refractivity contribution in [2.75, 3.05) is 14.1 Å². The average molecular weight is 270 g/mol. The Morgan fingerprint density at radius 2 is 1.87 bits per heavy atom. The zero-order valence-electron chi connectivity index (χ0n) is 8.77. The summed E-state index contributed by atoms with van der Waals surface area (Å²) in [4.78, 5) is 11.7. The highest BCUT2D eigenvalue weighted by molar-refractivity contribution is 9.11. The van der Waals surface area contributed by atoms with E-state index in [1.165, 1.54) is 6.08 Å². The molecule has 0 spiro atoms. The van der Waals surface area contributed by atoms with Crippen LogP contribution in [0.2, 0.25) is 0 Å². The van der Waals surface area contributed by atoms with Crippen LogP contribution in [0.25, 0.3) is 0 Å². The maximum absolute atomic E-state index is 11.7. The molecule has 4 heteroatoms. The molecular weight excluding hydrogens is 256 g/mol. The number of allylic oxidation sites excluding steroid dienone is 1. The van der Waals surface area contributed by atoms with Crippen LogP contribution in [0.5, 0.6) is 0 Å². The molecule has 0 bridgehead atoms. The second kappa shape index (κ2) is 4.70. The Morgan fingerprint density at radius 3 is 2.33 bits per heavy atom. The number of nitrogens with zero attached hydrogens (tertiary/aromatic N) is 1. The highest BCUT2D eigenvalue weighted by Gasteiger charge is 2.16. The van der Waals surface area contributed by atoms with Crippen molar-refractivity contribution in [3.63, 3.8) is 0 Å². The fourth-order valence-electron chi connectivity index (χ4n) is 0.960. The summed E-state index contributed by atoms with van der Waals surface area (Å²) < 4.78 is 0.731. The van der Waals surface area contributed by atoms with E-state index < -0.39 is 0 Å². The van der Waals surface area contributed by atoms with E-state index in [2.05, 4.69) is 15.9 Å². The van der Waals surface area contributed by atoms with Crippen molar-refractivity contribution in [2.45, 2.75) is 0 Å². The molecule has 0 unspecified atom stereocenters. The Hall–Kier alpha value is -0.970. The van der Waals surface area contributed by atoms with Crippen LogP contribution in [-0.2, 0) is 0 Å². The van der Waals surface area contributed by atoms with Gasteiger partial charge in [-0.05, 0) is 0 Å². The first-order valence-corrected chi connectivity index (χ1v) is 5.30. The average Bonchev–Trinajstić information content (AvgIpc) is 2.17. The second-order valence-corrected chi connectivity index (χ2v) is 4.55. The zero-order chi connectivity index (χ0) is 11.5. The van der Waals surface area contributed by atoms with E-state index >= 15 is 0 Å². The number of ketones is 1.